The van der Waals surface area contributed by atoms with Crippen LogP contribution in [0.3, 0.4) is 0 Å². The maximum Gasteiger partial charge on any atom is 0.195 e. The van der Waals surface area contributed by atoms with Gasteiger partial charge >= 0.3 is 0 Å². The predicted octanol–water partition coefficient (Wildman–Crippen LogP) is 8.14. The number of hydrogen-bond donors (Lipinski definition) is 0. The lowest BCUT2D eigenvalue weighted by atomic mass is 9.77. The van der Waals surface area contributed by atoms with Gasteiger partial charge in [0.2, 0.25) is 0 Å². The van der Waals surface area contributed by atoms with Gasteiger partial charge < -0.3 is 0 Å². The zero-order valence-electron chi connectivity index (χ0n) is 16.5. The van der Waals surface area contributed by atoms with Gasteiger partial charge in [-0.1, -0.05) is 44.0 Å². The molecule has 3 aromatic carbocycles. The molecule has 0 radical (unpaired) electrons. The highest BCUT2D eigenvalue weighted by atomic mass is 19.2. The average Bonchev–Trinajstić information content (AvgIpc) is 2.72. The Morgan fingerprint density at radius 2 is 1.55 bits per heavy atom. The summed E-state index contributed by atoms with van der Waals surface area (Å²) in [5.41, 5.74) is 1.90. The van der Waals surface area contributed by atoms with Gasteiger partial charge in [0.1, 0.15) is 5.82 Å². The van der Waals surface area contributed by atoms with Crippen molar-refractivity contribution in [2.75, 3.05) is 0 Å². The summed E-state index contributed by atoms with van der Waals surface area (Å²) in [6, 6.07) is 10.6. The highest BCUT2D eigenvalue weighted by Crippen LogP contribution is 2.39. The Morgan fingerprint density at radius 3 is 2.24 bits per heavy atom. The quantitative estimate of drug-likeness (QED) is 0.306. The number of benzene rings is 3. The molecule has 0 bridgehead atoms. The molecule has 1 aliphatic rings. The lowest BCUT2D eigenvalue weighted by Crippen LogP contribution is -2.13. The summed E-state index contributed by atoms with van der Waals surface area (Å²) in [5, 5.41) is 0.185. The number of halogens is 4. The zero-order chi connectivity index (χ0) is 20.5. The van der Waals surface area contributed by atoms with Gasteiger partial charge in [0, 0.05) is 10.9 Å². The summed E-state index contributed by atoms with van der Waals surface area (Å²) in [5.74, 6) is -3.13. The maximum absolute atomic E-state index is 14.9. The van der Waals surface area contributed by atoms with Crippen LogP contribution in [0, 0.1) is 29.2 Å². The van der Waals surface area contributed by atoms with E-state index in [1.54, 1.807) is 12.1 Å². The van der Waals surface area contributed by atoms with Crippen LogP contribution in [0.5, 0.6) is 0 Å². The Labute approximate surface area is 168 Å². The number of hydrogen-bond acceptors (Lipinski definition) is 0. The predicted molar refractivity (Wildman–Crippen MR) is 109 cm³/mol. The molecule has 29 heavy (non-hydrogen) atoms. The fraction of sp³-hybridized carbons (Fsp3) is 0.360. The first kappa shape index (κ1) is 19.9. The first-order chi connectivity index (χ1) is 14.0. The molecule has 0 saturated heterocycles. The standard InChI is InChI=1S/C25H24F4/c1-2-3-15-4-6-16(7-5-15)17-8-10-20(22(26)13-17)18-9-11-21-19(12-18)14-23(27)25(29)24(21)28/h8-16H,2-7H2,1H3. The molecule has 0 unspecified atom stereocenters. The van der Waals surface area contributed by atoms with Crippen molar-refractivity contribution < 1.29 is 17.6 Å². The van der Waals surface area contributed by atoms with Crippen LogP contribution in [0.4, 0.5) is 17.6 Å². The second-order valence-electron chi connectivity index (χ2n) is 8.17. The van der Waals surface area contributed by atoms with Crippen molar-refractivity contribution in [3.8, 4) is 11.1 Å². The van der Waals surface area contributed by atoms with Crippen LogP contribution in [0.15, 0.2) is 42.5 Å². The molecule has 0 N–H and O–H groups in total. The van der Waals surface area contributed by atoms with Gasteiger partial charge in [0.25, 0.3) is 0 Å². The molecule has 0 amide bonds. The Bertz CT molecular complexity index is 1030. The molecule has 0 spiro atoms. The molecule has 0 atom stereocenters. The Morgan fingerprint density at radius 1 is 0.793 bits per heavy atom. The van der Waals surface area contributed by atoms with E-state index in [1.165, 1.54) is 43.9 Å². The smallest absolute Gasteiger partial charge is 0.195 e. The molecule has 0 nitrogen and oxygen atoms in total. The van der Waals surface area contributed by atoms with E-state index < -0.39 is 17.5 Å². The van der Waals surface area contributed by atoms with Gasteiger partial charge in [-0.2, -0.15) is 0 Å². The third-order valence-corrected chi connectivity index (χ3v) is 6.29. The highest BCUT2D eigenvalue weighted by Gasteiger charge is 2.23. The lowest BCUT2D eigenvalue weighted by Gasteiger charge is -2.28. The molecule has 0 aromatic heterocycles. The summed E-state index contributed by atoms with van der Waals surface area (Å²) >= 11 is 0. The zero-order valence-corrected chi connectivity index (χ0v) is 16.5. The normalized spacial score (nSPS) is 19.6. The first-order valence-corrected chi connectivity index (χ1v) is 10.3. The van der Waals surface area contributed by atoms with E-state index in [9.17, 15) is 17.6 Å². The minimum absolute atomic E-state index is 0.0199. The van der Waals surface area contributed by atoms with Gasteiger partial charge in [-0.05, 0) is 72.2 Å². The third-order valence-electron chi connectivity index (χ3n) is 6.29. The van der Waals surface area contributed by atoms with E-state index in [4.69, 9.17) is 0 Å². The fourth-order valence-electron chi connectivity index (χ4n) is 4.68. The number of fused-ring (bicyclic) bond motifs is 1. The van der Waals surface area contributed by atoms with Gasteiger partial charge in [-0.3, -0.25) is 0 Å². The summed E-state index contributed by atoms with van der Waals surface area (Å²) in [7, 11) is 0. The minimum Gasteiger partial charge on any atom is -0.206 e. The molecule has 0 heterocycles. The molecular formula is C25H24F4. The van der Waals surface area contributed by atoms with Gasteiger partial charge in [-0.25, -0.2) is 17.6 Å². The molecule has 3 aromatic rings. The second-order valence-corrected chi connectivity index (χ2v) is 8.17. The van der Waals surface area contributed by atoms with Crippen LogP contribution in [0.25, 0.3) is 21.9 Å². The van der Waals surface area contributed by atoms with Crippen molar-refractivity contribution in [3.63, 3.8) is 0 Å². The van der Waals surface area contributed by atoms with E-state index >= 15 is 0 Å². The topological polar surface area (TPSA) is 0 Å². The molecule has 4 rings (SSSR count). The highest BCUT2D eigenvalue weighted by molar-refractivity contribution is 5.88. The molecular weight excluding hydrogens is 376 g/mol. The summed E-state index contributed by atoms with van der Waals surface area (Å²) in [4.78, 5) is 0. The SMILES string of the molecule is CCCC1CCC(c2ccc(-c3ccc4c(F)c(F)c(F)cc4c3)c(F)c2)CC1. The van der Waals surface area contributed by atoms with Crippen molar-refractivity contribution >= 4 is 10.8 Å². The van der Waals surface area contributed by atoms with Crippen LogP contribution in [0.1, 0.15) is 56.9 Å². The molecule has 1 fully saturated rings. The van der Waals surface area contributed by atoms with Crippen LogP contribution in [-0.2, 0) is 0 Å². The Balaban J connectivity index is 1.61. The van der Waals surface area contributed by atoms with Gasteiger partial charge in [0.15, 0.2) is 17.5 Å². The molecule has 1 aliphatic carbocycles. The van der Waals surface area contributed by atoms with Crippen LogP contribution in [0.2, 0.25) is 0 Å². The minimum atomic E-state index is -1.49. The number of rotatable bonds is 4. The van der Waals surface area contributed by atoms with Crippen molar-refractivity contribution in [3.05, 3.63) is 71.3 Å². The monoisotopic (exact) mass is 400 g/mol. The Hall–Kier alpha value is -2.36. The maximum atomic E-state index is 14.9. The molecule has 4 heteroatoms. The molecule has 0 aliphatic heterocycles. The van der Waals surface area contributed by atoms with E-state index in [-0.39, 0.29) is 16.6 Å². The van der Waals surface area contributed by atoms with Gasteiger partial charge in [-0.15, -0.1) is 0 Å². The summed E-state index contributed by atoms with van der Waals surface area (Å²) in [6.45, 7) is 2.21. The lowest BCUT2D eigenvalue weighted by molar-refractivity contribution is 0.308. The van der Waals surface area contributed by atoms with Crippen molar-refractivity contribution in [1.29, 1.82) is 0 Å². The van der Waals surface area contributed by atoms with Crippen molar-refractivity contribution in [2.24, 2.45) is 5.92 Å². The first-order valence-electron chi connectivity index (χ1n) is 10.3. The summed E-state index contributed by atoms with van der Waals surface area (Å²) in [6.07, 6.45) is 7.05. The van der Waals surface area contributed by atoms with Crippen molar-refractivity contribution in [2.45, 2.75) is 51.4 Å². The molecule has 1 saturated carbocycles. The second kappa shape index (κ2) is 8.17. The van der Waals surface area contributed by atoms with Gasteiger partial charge in [0.05, 0.1) is 0 Å². The molecule has 152 valence electrons. The summed E-state index contributed by atoms with van der Waals surface area (Å²) < 4.78 is 55.8. The third kappa shape index (κ3) is 3.90. The largest absolute Gasteiger partial charge is 0.206 e. The van der Waals surface area contributed by atoms with Crippen molar-refractivity contribution in [1.82, 2.24) is 0 Å². The van der Waals surface area contributed by atoms with Crippen LogP contribution < -0.4 is 0 Å². The van der Waals surface area contributed by atoms with Crippen LogP contribution >= 0.6 is 0 Å². The van der Waals surface area contributed by atoms with E-state index in [2.05, 4.69) is 6.92 Å². The fourth-order valence-corrected chi connectivity index (χ4v) is 4.68. The Kier molecular flexibility index (Phi) is 5.62. The van der Waals surface area contributed by atoms with E-state index in [0.717, 1.165) is 30.4 Å². The van der Waals surface area contributed by atoms with E-state index in [0.29, 0.717) is 17.0 Å². The van der Waals surface area contributed by atoms with E-state index in [1.807, 2.05) is 6.07 Å². The van der Waals surface area contributed by atoms with Crippen LogP contribution in [-0.4, -0.2) is 0 Å². The average molecular weight is 400 g/mol.